The minimum atomic E-state index is -0.967. The first kappa shape index (κ1) is 24.4. The number of furan rings is 1. The third-order valence-corrected chi connectivity index (χ3v) is 6.22. The van der Waals surface area contributed by atoms with Gasteiger partial charge in [-0.25, -0.2) is 0 Å². The second-order valence-electron chi connectivity index (χ2n) is 7.94. The van der Waals surface area contributed by atoms with E-state index in [0.29, 0.717) is 33.7 Å². The van der Waals surface area contributed by atoms with Crippen molar-refractivity contribution < 1.29 is 33.7 Å². The van der Waals surface area contributed by atoms with Crippen LogP contribution >= 0.6 is 15.9 Å². The second kappa shape index (κ2) is 10.3. The fraction of sp³-hybridized carbons (Fsp3) is 0.231. The number of rotatable bonds is 8. The SMILES string of the molecule is CCCOc1cccc(/C(O)=C2\C(=O)C(=O)N(Cc3ccco3)C2c2cc(Br)c(O)c(OC)c2)c1. The number of halogens is 1. The number of hydrogen-bond acceptors (Lipinski definition) is 7. The van der Waals surface area contributed by atoms with Crippen LogP contribution in [0, 0.1) is 0 Å². The smallest absolute Gasteiger partial charge is 0.296 e. The Kier molecular flexibility index (Phi) is 7.16. The zero-order valence-corrected chi connectivity index (χ0v) is 20.7. The van der Waals surface area contributed by atoms with E-state index < -0.39 is 17.7 Å². The topological polar surface area (TPSA) is 109 Å². The highest BCUT2D eigenvalue weighted by Gasteiger charge is 2.46. The minimum Gasteiger partial charge on any atom is -0.507 e. The summed E-state index contributed by atoms with van der Waals surface area (Å²) in [5.74, 6) is -0.923. The summed E-state index contributed by atoms with van der Waals surface area (Å²) in [7, 11) is 1.40. The molecule has 0 spiro atoms. The number of benzene rings is 2. The van der Waals surface area contributed by atoms with E-state index in [4.69, 9.17) is 13.9 Å². The Bertz CT molecular complexity index is 1280. The van der Waals surface area contributed by atoms with Crippen molar-refractivity contribution in [3.63, 3.8) is 0 Å². The monoisotopic (exact) mass is 541 g/mol. The summed E-state index contributed by atoms with van der Waals surface area (Å²) >= 11 is 3.30. The van der Waals surface area contributed by atoms with Crippen molar-refractivity contribution in [1.29, 1.82) is 0 Å². The van der Waals surface area contributed by atoms with Crippen LogP contribution in [-0.4, -0.2) is 40.5 Å². The summed E-state index contributed by atoms with van der Waals surface area (Å²) in [6.07, 6.45) is 2.29. The van der Waals surface area contributed by atoms with E-state index in [1.165, 1.54) is 24.3 Å². The number of amides is 1. The number of nitrogens with zero attached hydrogens (tertiary/aromatic N) is 1. The maximum absolute atomic E-state index is 13.2. The highest BCUT2D eigenvalue weighted by atomic mass is 79.9. The summed E-state index contributed by atoms with van der Waals surface area (Å²) in [5, 5.41) is 21.6. The van der Waals surface area contributed by atoms with Crippen LogP contribution in [0.25, 0.3) is 5.76 Å². The normalized spacial score (nSPS) is 17.1. The number of likely N-dealkylation sites (tertiary alicyclic amines) is 1. The predicted octanol–water partition coefficient (Wildman–Crippen LogP) is 5.17. The molecular formula is C26H24BrNO7. The van der Waals surface area contributed by atoms with Gasteiger partial charge in [-0.1, -0.05) is 19.1 Å². The molecule has 35 heavy (non-hydrogen) atoms. The molecule has 1 aliphatic heterocycles. The van der Waals surface area contributed by atoms with E-state index in [-0.39, 0.29) is 29.4 Å². The van der Waals surface area contributed by atoms with E-state index >= 15 is 0 Å². The molecule has 1 atom stereocenters. The molecule has 0 saturated carbocycles. The maximum Gasteiger partial charge on any atom is 0.296 e. The number of phenols is 1. The number of methoxy groups -OCH3 is 1. The highest BCUT2D eigenvalue weighted by molar-refractivity contribution is 9.10. The predicted molar refractivity (Wildman–Crippen MR) is 131 cm³/mol. The van der Waals surface area contributed by atoms with Gasteiger partial charge in [0.15, 0.2) is 11.5 Å². The molecule has 8 nitrogen and oxygen atoms in total. The lowest BCUT2D eigenvalue weighted by molar-refractivity contribution is -0.140. The molecule has 1 amide bonds. The van der Waals surface area contributed by atoms with Gasteiger partial charge in [-0.15, -0.1) is 0 Å². The first-order valence-electron chi connectivity index (χ1n) is 11.0. The Morgan fingerprint density at radius 1 is 1.17 bits per heavy atom. The Labute approximate surface area is 210 Å². The van der Waals surface area contributed by atoms with E-state index in [0.717, 1.165) is 6.42 Å². The lowest BCUT2D eigenvalue weighted by Crippen LogP contribution is -2.29. The molecule has 4 rings (SSSR count). The fourth-order valence-corrected chi connectivity index (χ4v) is 4.44. The van der Waals surface area contributed by atoms with Gasteiger partial charge in [0.2, 0.25) is 0 Å². The second-order valence-corrected chi connectivity index (χ2v) is 8.79. The third-order valence-electron chi connectivity index (χ3n) is 5.61. The van der Waals surface area contributed by atoms with Crippen molar-refractivity contribution in [3.8, 4) is 17.2 Å². The van der Waals surface area contributed by atoms with Gasteiger partial charge >= 0.3 is 0 Å². The van der Waals surface area contributed by atoms with Crippen LogP contribution in [0.3, 0.4) is 0 Å². The van der Waals surface area contributed by atoms with Crippen LogP contribution in [0.1, 0.15) is 36.3 Å². The van der Waals surface area contributed by atoms with Gasteiger partial charge in [-0.3, -0.25) is 9.59 Å². The number of ketones is 1. The Balaban J connectivity index is 1.88. The number of phenolic OH excluding ortho intramolecular Hbond substituents is 1. The number of Topliss-reactive ketones (excluding diaryl/α,β-unsaturated/α-hetero) is 1. The Morgan fingerprint density at radius 2 is 1.97 bits per heavy atom. The molecule has 0 aliphatic carbocycles. The van der Waals surface area contributed by atoms with Crippen LogP contribution in [-0.2, 0) is 16.1 Å². The number of aliphatic hydroxyl groups excluding tert-OH is 1. The molecule has 182 valence electrons. The van der Waals surface area contributed by atoms with E-state index in [1.54, 1.807) is 42.5 Å². The first-order valence-corrected chi connectivity index (χ1v) is 11.7. The molecule has 1 unspecified atom stereocenters. The molecule has 2 heterocycles. The first-order chi connectivity index (χ1) is 16.8. The van der Waals surface area contributed by atoms with Gasteiger partial charge in [0.05, 0.1) is 42.6 Å². The number of carbonyl (C=O) groups excluding carboxylic acids is 2. The number of ether oxygens (including phenoxy) is 2. The molecule has 1 aromatic heterocycles. The zero-order chi connectivity index (χ0) is 25.1. The van der Waals surface area contributed by atoms with Crippen molar-refractivity contribution in [2.75, 3.05) is 13.7 Å². The molecule has 1 aliphatic rings. The average molecular weight is 542 g/mol. The van der Waals surface area contributed by atoms with Gasteiger partial charge in [-0.2, -0.15) is 0 Å². The number of aromatic hydroxyl groups is 1. The summed E-state index contributed by atoms with van der Waals surface area (Å²) in [6, 6.07) is 12.2. The summed E-state index contributed by atoms with van der Waals surface area (Å²) in [6.45, 7) is 2.48. The van der Waals surface area contributed by atoms with Crippen LogP contribution < -0.4 is 9.47 Å². The largest absolute Gasteiger partial charge is 0.507 e. The standard InChI is InChI=1S/C26H24BrNO7/c1-3-9-34-17-7-4-6-15(11-17)23(29)21-22(16-12-19(27)24(30)20(13-16)33-2)28(26(32)25(21)31)14-18-8-5-10-35-18/h4-8,10-13,22,29-30H,3,9,14H2,1-2H3/b23-21+. The Morgan fingerprint density at radius 3 is 2.66 bits per heavy atom. The molecule has 2 aromatic carbocycles. The number of aliphatic hydroxyl groups is 1. The third kappa shape index (κ3) is 4.77. The van der Waals surface area contributed by atoms with Crippen molar-refractivity contribution in [2.24, 2.45) is 0 Å². The zero-order valence-electron chi connectivity index (χ0n) is 19.2. The van der Waals surface area contributed by atoms with Crippen molar-refractivity contribution >= 4 is 33.4 Å². The molecule has 3 aromatic rings. The molecule has 1 saturated heterocycles. The van der Waals surface area contributed by atoms with Gasteiger partial charge in [-0.05, 0) is 64.3 Å². The molecular weight excluding hydrogens is 518 g/mol. The average Bonchev–Trinajstić information content (AvgIpc) is 3.46. The fourth-order valence-electron chi connectivity index (χ4n) is 3.98. The molecule has 0 radical (unpaired) electrons. The molecule has 2 N–H and O–H groups in total. The van der Waals surface area contributed by atoms with Crippen LogP contribution in [0.4, 0.5) is 0 Å². The van der Waals surface area contributed by atoms with E-state index in [9.17, 15) is 19.8 Å². The Hall–Kier alpha value is -3.72. The van der Waals surface area contributed by atoms with Gasteiger partial charge in [0.1, 0.15) is 17.3 Å². The van der Waals surface area contributed by atoms with Crippen LogP contribution in [0.5, 0.6) is 17.2 Å². The van der Waals surface area contributed by atoms with E-state index in [2.05, 4.69) is 15.9 Å². The van der Waals surface area contributed by atoms with E-state index in [1.807, 2.05) is 6.92 Å². The highest BCUT2D eigenvalue weighted by Crippen LogP contribution is 2.45. The lowest BCUT2D eigenvalue weighted by atomic mass is 9.95. The molecule has 1 fully saturated rings. The summed E-state index contributed by atoms with van der Waals surface area (Å²) in [4.78, 5) is 27.7. The van der Waals surface area contributed by atoms with Crippen LogP contribution in [0.2, 0.25) is 0 Å². The molecule has 0 bridgehead atoms. The minimum absolute atomic E-state index is 0.000514. The maximum atomic E-state index is 13.2. The van der Waals surface area contributed by atoms with Crippen LogP contribution in [0.15, 0.2) is 69.3 Å². The van der Waals surface area contributed by atoms with Gasteiger partial charge < -0.3 is 29.0 Å². The number of carbonyl (C=O) groups is 2. The van der Waals surface area contributed by atoms with Gasteiger partial charge in [0.25, 0.3) is 11.7 Å². The summed E-state index contributed by atoms with van der Waals surface area (Å²) < 4.78 is 16.7. The lowest BCUT2D eigenvalue weighted by Gasteiger charge is -2.25. The number of hydrogen-bond donors (Lipinski definition) is 2. The van der Waals surface area contributed by atoms with Gasteiger partial charge in [0, 0.05) is 5.56 Å². The quantitative estimate of drug-likeness (QED) is 0.230. The summed E-state index contributed by atoms with van der Waals surface area (Å²) in [5.41, 5.74) is 0.704. The van der Waals surface area contributed by atoms with Crippen molar-refractivity contribution in [3.05, 3.63) is 81.7 Å². The molecule has 9 heteroatoms. The van der Waals surface area contributed by atoms with Crippen molar-refractivity contribution in [1.82, 2.24) is 4.90 Å². The van der Waals surface area contributed by atoms with Crippen molar-refractivity contribution in [2.45, 2.75) is 25.9 Å².